The van der Waals surface area contributed by atoms with Gasteiger partial charge in [-0.15, -0.1) is 6.42 Å². The molecule has 25 heavy (non-hydrogen) atoms. The summed E-state index contributed by atoms with van der Waals surface area (Å²) in [6.07, 6.45) is 5.82. The van der Waals surface area contributed by atoms with Crippen molar-refractivity contribution in [1.29, 1.82) is 0 Å². The normalized spacial score (nSPS) is 15.1. The first-order valence-electron chi connectivity index (χ1n) is 8.76. The molecular weight excluding hydrogens is 314 g/mol. The molecule has 1 aliphatic heterocycles. The largest absolute Gasteiger partial charge is 0.336 e. The first-order valence-corrected chi connectivity index (χ1v) is 8.76. The summed E-state index contributed by atoms with van der Waals surface area (Å²) in [5.41, 5.74) is 2.32. The topological polar surface area (TPSA) is 52.6 Å². The zero-order valence-electron chi connectivity index (χ0n) is 15.3. The van der Waals surface area contributed by atoms with Gasteiger partial charge >= 0.3 is 0 Å². The van der Waals surface area contributed by atoms with Crippen molar-refractivity contribution in [3.05, 3.63) is 29.3 Å². The summed E-state index contributed by atoms with van der Waals surface area (Å²) in [7, 11) is 0. The fraction of sp³-hybridized carbons (Fsp3) is 0.500. The highest BCUT2D eigenvalue weighted by molar-refractivity contribution is 5.96. The smallest absolute Gasteiger partial charge is 0.253 e. The minimum absolute atomic E-state index is 0.00168. The highest BCUT2D eigenvalue weighted by atomic mass is 16.2. The molecule has 5 nitrogen and oxygen atoms in total. The van der Waals surface area contributed by atoms with Crippen LogP contribution in [0.1, 0.15) is 36.2 Å². The van der Waals surface area contributed by atoms with Crippen molar-refractivity contribution >= 4 is 17.5 Å². The fourth-order valence-corrected chi connectivity index (χ4v) is 2.93. The lowest BCUT2D eigenvalue weighted by atomic mass is 10.1. The number of rotatable bonds is 5. The van der Waals surface area contributed by atoms with E-state index in [9.17, 15) is 9.59 Å². The van der Waals surface area contributed by atoms with Crippen molar-refractivity contribution in [2.75, 3.05) is 38.0 Å². The van der Waals surface area contributed by atoms with Crippen molar-refractivity contribution in [3.63, 3.8) is 0 Å². The summed E-state index contributed by atoms with van der Waals surface area (Å²) in [6, 6.07) is 5.45. The molecule has 0 aliphatic carbocycles. The van der Waals surface area contributed by atoms with Crippen molar-refractivity contribution in [1.82, 2.24) is 9.80 Å². The molecule has 1 saturated heterocycles. The number of terminal acetylenes is 1. The average molecular weight is 341 g/mol. The first kappa shape index (κ1) is 19.0. The highest BCUT2D eigenvalue weighted by Gasteiger charge is 2.22. The van der Waals surface area contributed by atoms with E-state index in [4.69, 9.17) is 6.42 Å². The van der Waals surface area contributed by atoms with Crippen LogP contribution in [0.25, 0.3) is 0 Å². The summed E-state index contributed by atoms with van der Waals surface area (Å²) >= 11 is 0. The van der Waals surface area contributed by atoms with E-state index in [1.165, 1.54) is 0 Å². The Morgan fingerprint density at radius 1 is 1.24 bits per heavy atom. The molecule has 1 N–H and O–H groups in total. The number of hydrogen-bond acceptors (Lipinski definition) is 3. The van der Waals surface area contributed by atoms with Gasteiger partial charge in [-0.05, 0) is 36.6 Å². The number of piperazine rings is 1. The molecule has 0 atom stereocenters. The molecule has 1 aromatic carbocycles. The number of amides is 2. The van der Waals surface area contributed by atoms with Gasteiger partial charge in [0.25, 0.3) is 5.91 Å². The number of nitrogens with zero attached hydrogens (tertiary/aromatic N) is 2. The molecule has 0 saturated carbocycles. The quantitative estimate of drug-likeness (QED) is 0.837. The summed E-state index contributed by atoms with van der Waals surface area (Å²) in [5, 5.41) is 2.92. The van der Waals surface area contributed by atoms with Crippen LogP contribution in [-0.2, 0) is 4.79 Å². The van der Waals surface area contributed by atoms with Crippen molar-refractivity contribution < 1.29 is 9.59 Å². The molecule has 1 aliphatic rings. The maximum absolute atomic E-state index is 12.7. The number of hydrogen-bond donors (Lipinski definition) is 1. The Morgan fingerprint density at radius 2 is 1.92 bits per heavy atom. The molecule has 1 heterocycles. The van der Waals surface area contributed by atoms with Gasteiger partial charge in [0, 0.05) is 43.9 Å². The average Bonchev–Trinajstić information content (AvgIpc) is 2.56. The van der Waals surface area contributed by atoms with Crippen LogP contribution in [0.4, 0.5) is 5.69 Å². The van der Waals surface area contributed by atoms with E-state index in [-0.39, 0.29) is 11.8 Å². The van der Waals surface area contributed by atoms with Crippen LogP contribution in [0.2, 0.25) is 0 Å². The summed E-state index contributed by atoms with van der Waals surface area (Å²) in [6.45, 7) is 9.54. The molecule has 2 amide bonds. The number of carbonyl (C=O) groups excluding carboxylic acids is 2. The van der Waals surface area contributed by atoms with Crippen LogP contribution in [0, 0.1) is 25.2 Å². The van der Waals surface area contributed by atoms with Gasteiger partial charge in [-0.3, -0.25) is 14.5 Å². The van der Waals surface area contributed by atoms with E-state index in [2.05, 4.69) is 16.1 Å². The number of aryl methyl sites for hydroxylation is 1. The van der Waals surface area contributed by atoms with Crippen molar-refractivity contribution in [2.24, 2.45) is 5.92 Å². The molecule has 0 unspecified atom stereocenters. The van der Waals surface area contributed by atoms with Gasteiger partial charge in [-0.1, -0.05) is 19.8 Å². The molecule has 0 aromatic heterocycles. The summed E-state index contributed by atoms with van der Waals surface area (Å²) in [5.74, 6) is 2.99. The minimum Gasteiger partial charge on any atom is -0.336 e. The van der Waals surface area contributed by atoms with Gasteiger partial charge in [-0.2, -0.15) is 0 Å². The van der Waals surface area contributed by atoms with E-state index in [1.54, 1.807) is 6.07 Å². The van der Waals surface area contributed by atoms with Gasteiger partial charge in [-0.25, -0.2) is 0 Å². The zero-order chi connectivity index (χ0) is 18.4. The summed E-state index contributed by atoms with van der Waals surface area (Å²) < 4.78 is 0. The first-order chi connectivity index (χ1) is 11.9. The predicted octanol–water partition coefficient (Wildman–Crippen LogP) is 2.37. The molecule has 1 fully saturated rings. The Balaban J connectivity index is 1.99. The van der Waals surface area contributed by atoms with E-state index in [0.717, 1.165) is 24.3 Å². The Kier molecular flexibility index (Phi) is 6.60. The third kappa shape index (κ3) is 5.33. The molecule has 1 aromatic rings. The molecule has 0 radical (unpaired) electrons. The fourth-order valence-electron chi connectivity index (χ4n) is 2.93. The number of nitrogens with one attached hydrogen (secondary N) is 1. The monoisotopic (exact) mass is 341 g/mol. The second kappa shape index (κ2) is 8.68. The predicted molar refractivity (Wildman–Crippen MR) is 100 cm³/mol. The van der Waals surface area contributed by atoms with E-state index < -0.39 is 0 Å². The number of carbonyl (C=O) groups is 2. The Morgan fingerprint density at radius 3 is 2.48 bits per heavy atom. The highest BCUT2D eigenvalue weighted by Crippen LogP contribution is 2.19. The third-order valence-electron chi connectivity index (χ3n) is 4.32. The van der Waals surface area contributed by atoms with Gasteiger partial charge in [0.05, 0.1) is 6.54 Å². The Bertz CT molecular complexity index is 668. The lowest BCUT2D eigenvalue weighted by Gasteiger charge is -2.33. The lowest BCUT2D eigenvalue weighted by molar-refractivity contribution is -0.116. The minimum atomic E-state index is 0.00168. The van der Waals surface area contributed by atoms with Crippen molar-refractivity contribution in [2.45, 2.75) is 27.2 Å². The van der Waals surface area contributed by atoms with Gasteiger partial charge in [0.1, 0.15) is 0 Å². The van der Waals surface area contributed by atoms with Crippen LogP contribution in [0.3, 0.4) is 0 Å². The number of anilines is 1. The van der Waals surface area contributed by atoms with Gasteiger partial charge < -0.3 is 10.2 Å². The molecular formula is C20H27N3O2. The van der Waals surface area contributed by atoms with Crippen LogP contribution in [-0.4, -0.2) is 54.3 Å². The second-order valence-corrected chi connectivity index (χ2v) is 6.95. The maximum atomic E-state index is 12.7. The lowest BCUT2D eigenvalue weighted by Crippen LogP contribution is -2.48. The molecule has 0 spiro atoms. The Labute approximate surface area is 150 Å². The SMILES string of the molecule is C#CCN1CCN(C(=O)c2ccc(NC(=O)CC(C)C)c(C)c2)CC1. The molecule has 5 heteroatoms. The van der Waals surface area contributed by atoms with Gasteiger partial charge in [0.15, 0.2) is 0 Å². The molecule has 134 valence electrons. The van der Waals surface area contributed by atoms with Crippen LogP contribution in [0.5, 0.6) is 0 Å². The summed E-state index contributed by atoms with van der Waals surface area (Å²) in [4.78, 5) is 28.6. The van der Waals surface area contributed by atoms with Crippen molar-refractivity contribution in [3.8, 4) is 12.3 Å². The van der Waals surface area contributed by atoms with Crippen LogP contribution in [0.15, 0.2) is 18.2 Å². The Hall–Kier alpha value is -2.32. The maximum Gasteiger partial charge on any atom is 0.253 e. The zero-order valence-corrected chi connectivity index (χ0v) is 15.3. The van der Waals surface area contributed by atoms with Crippen LogP contribution < -0.4 is 5.32 Å². The van der Waals surface area contributed by atoms with Gasteiger partial charge in [0.2, 0.25) is 5.91 Å². The molecule has 2 rings (SSSR count). The van der Waals surface area contributed by atoms with Crippen LogP contribution >= 0.6 is 0 Å². The standard InChI is InChI=1S/C20H27N3O2/c1-5-8-22-9-11-23(12-10-22)20(25)17-6-7-18(16(4)14-17)21-19(24)13-15(2)3/h1,6-7,14-15H,8-13H2,2-4H3,(H,21,24). The van der Waals surface area contributed by atoms with E-state index >= 15 is 0 Å². The molecule has 0 bridgehead atoms. The second-order valence-electron chi connectivity index (χ2n) is 6.95. The third-order valence-corrected chi connectivity index (χ3v) is 4.32. The van der Waals surface area contributed by atoms with E-state index in [1.807, 2.05) is 37.8 Å². The van der Waals surface area contributed by atoms with E-state index in [0.29, 0.717) is 37.5 Å². The number of benzene rings is 1.